The minimum Gasteiger partial charge on any atom is -0.322 e. The van der Waals surface area contributed by atoms with Crippen molar-refractivity contribution in [2.75, 3.05) is 16.8 Å². The fourth-order valence-corrected chi connectivity index (χ4v) is 4.24. The van der Waals surface area contributed by atoms with Crippen LogP contribution in [0.1, 0.15) is 32.8 Å². The molecule has 2 aromatic carbocycles. The first-order valence-corrected chi connectivity index (χ1v) is 10.2. The Kier molecular flexibility index (Phi) is 4.80. The van der Waals surface area contributed by atoms with Gasteiger partial charge in [0.25, 0.3) is 5.91 Å². The van der Waals surface area contributed by atoms with Crippen molar-refractivity contribution < 1.29 is 19.2 Å². The van der Waals surface area contributed by atoms with E-state index in [1.807, 2.05) is 13.0 Å². The van der Waals surface area contributed by atoms with E-state index >= 15 is 0 Å². The summed E-state index contributed by atoms with van der Waals surface area (Å²) in [6.45, 7) is 4.60. The van der Waals surface area contributed by atoms with Gasteiger partial charge in [0.05, 0.1) is 11.4 Å². The third-order valence-corrected chi connectivity index (χ3v) is 6.02. The molecule has 2 aromatic rings. The molecule has 0 spiro atoms. The van der Waals surface area contributed by atoms with E-state index in [1.54, 1.807) is 62.4 Å². The van der Waals surface area contributed by atoms with Gasteiger partial charge in [-0.25, -0.2) is 4.79 Å². The van der Waals surface area contributed by atoms with Crippen molar-refractivity contribution in [3.05, 3.63) is 60.2 Å². The van der Waals surface area contributed by atoms with Gasteiger partial charge in [-0.2, -0.15) is 0 Å². The standard InChI is InChI=1S/C23H24N4O4/c1-4-23(15-10-6-5-7-11-15)20(30)26(21(31)25-23)14-18(28)27-17-13-9-8-12-16(17)24-19(29)22(27,2)3/h5-13H,4,14H2,1-3H3,(H,24,29)(H,25,31)/t23-/m0/s1. The second kappa shape index (κ2) is 7.23. The number of para-hydroxylation sites is 2. The third kappa shape index (κ3) is 3.06. The van der Waals surface area contributed by atoms with E-state index in [1.165, 1.54) is 4.90 Å². The van der Waals surface area contributed by atoms with Gasteiger partial charge < -0.3 is 10.6 Å². The van der Waals surface area contributed by atoms with Gasteiger partial charge >= 0.3 is 6.03 Å². The molecule has 0 aliphatic carbocycles. The highest BCUT2D eigenvalue weighted by atomic mass is 16.2. The van der Waals surface area contributed by atoms with Crippen molar-refractivity contribution in [2.24, 2.45) is 0 Å². The molecule has 1 fully saturated rings. The van der Waals surface area contributed by atoms with E-state index in [-0.39, 0.29) is 5.91 Å². The lowest BCUT2D eigenvalue weighted by Gasteiger charge is -2.42. The summed E-state index contributed by atoms with van der Waals surface area (Å²) in [5.74, 6) is -1.34. The minimum atomic E-state index is -1.22. The molecule has 1 saturated heterocycles. The molecule has 0 unspecified atom stereocenters. The molecule has 0 radical (unpaired) electrons. The summed E-state index contributed by atoms with van der Waals surface area (Å²) in [5.41, 5.74) is -0.718. The number of hydrogen-bond donors (Lipinski definition) is 2. The SMILES string of the molecule is CC[C@@]1(c2ccccc2)NC(=O)N(CC(=O)N2c3ccccc3NC(=O)C2(C)C)C1=O. The summed E-state index contributed by atoms with van der Waals surface area (Å²) in [6.07, 6.45) is 0.340. The Bertz CT molecular complexity index is 1080. The summed E-state index contributed by atoms with van der Waals surface area (Å²) in [6, 6.07) is 15.3. The van der Waals surface area contributed by atoms with Crippen LogP contribution in [-0.2, 0) is 19.9 Å². The van der Waals surface area contributed by atoms with E-state index in [2.05, 4.69) is 10.6 Å². The summed E-state index contributed by atoms with van der Waals surface area (Å²) < 4.78 is 0. The predicted molar refractivity (Wildman–Crippen MR) is 115 cm³/mol. The number of rotatable bonds is 4. The molecule has 2 N–H and O–H groups in total. The van der Waals surface area contributed by atoms with E-state index in [0.717, 1.165) is 4.90 Å². The zero-order valence-electron chi connectivity index (χ0n) is 17.6. The number of fused-ring (bicyclic) bond motifs is 1. The fourth-order valence-electron chi connectivity index (χ4n) is 4.24. The molecule has 2 heterocycles. The summed E-state index contributed by atoms with van der Waals surface area (Å²) in [4.78, 5) is 54.4. The van der Waals surface area contributed by atoms with Crippen LogP contribution in [0.4, 0.5) is 16.2 Å². The normalized spacial score (nSPS) is 22.1. The Hall–Kier alpha value is -3.68. The van der Waals surface area contributed by atoms with Crippen LogP contribution in [0.25, 0.3) is 0 Å². The summed E-state index contributed by atoms with van der Waals surface area (Å²) in [5, 5.41) is 5.57. The molecule has 160 valence electrons. The van der Waals surface area contributed by atoms with Crippen LogP contribution >= 0.6 is 0 Å². The van der Waals surface area contributed by atoms with Crippen molar-refractivity contribution >= 4 is 35.1 Å². The van der Waals surface area contributed by atoms with Crippen molar-refractivity contribution in [3.8, 4) is 0 Å². The van der Waals surface area contributed by atoms with E-state index in [9.17, 15) is 19.2 Å². The van der Waals surface area contributed by atoms with Crippen LogP contribution < -0.4 is 15.5 Å². The highest BCUT2D eigenvalue weighted by Gasteiger charge is 2.53. The van der Waals surface area contributed by atoms with Crippen LogP contribution in [0, 0.1) is 0 Å². The zero-order chi connectivity index (χ0) is 22.4. The predicted octanol–water partition coefficient (Wildman–Crippen LogP) is 2.61. The molecule has 31 heavy (non-hydrogen) atoms. The number of carbonyl (C=O) groups excluding carboxylic acids is 4. The molecular weight excluding hydrogens is 396 g/mol. The van der Waals surface area contributed by atoms with Crippen molar-refractivity contribution in [2.45, 2.75) is 38.3 Å². The molecule has 1 atom stereocenters. The lowest BCUT2D eigenvalue weighted by atomic mass is 9.87. The van der Waals surface area contributed by atoms with Gasteiger partial charge in [0.2, 0.25) is 11.8 Å². The quantitative estimate of drug-likeness (QED) is 0.743. The lowest BCUT2D eigenvalue weighted by molar-refractivity contribution is -0.135. The van der Waals surface area contributed by atoms with Crippen LogP contribution in [0.5, 0.6) is 0 Å². The van der Waals surface area contributed by atoms with Gasteiger partial charge in [-0.15, -0.1) is 0 Å². The van der Waals surface area contributed by atoms with Gasteiger partial charge in [-0.1, -0.05) is 49.4 Å². The number of amides is 5. The van der Waals surface area contributed by atoms with Gasteiger partial charge in [0.1, 0.15) is 17.6 Å². The highest BCUT2D eigenvalue weighted by molar-refractivity contribution is 6.16. The fraction of sp³-hybridized carbons (Fsp3) is 0.304. The Morgan fingerprint density at radius 2 is 1.61 bits per heavy atom. The molecular formula is C23H24N4O4. The Labute approximate surface area is 180 Å². The van der Waals surface area contributed by atoms with Crippen LogP contribution in [-0.4, -0.2) is 40.7 Å². The Morgan fingerprint density at radius 3 is 2.29 bits per heavy atom. The Morgan fingerprint density at radius 1 is 0.968 bits per heavy atom. The van der Waals surface area contributed by atoms with Gasteiger partial charge in [-0.05, 0) is 38.0 Å². The second-order valence-corrected chi connectivity index (χ2v) is 8.21. The summed E-state index contributed by atoms with van der Waals surface area (Å²) in [7, 11) is 0. The van der Waals surface area contributed by atoms with Gasteiger partial charge in [0, 0.05) is 0 Å². The number of hydrogen-bond acceptors (Lipinski definition) is 4. The first kappa shape index (κ1) is 20.6. The first-order valence-electron chi connectivity index (χ1n) is 10.2. The number of carbonyl (C=O) groups is 4. The molecule has 0 bridgehead atoms. The van der Waals surface area contributed by atoms with Crippen LogP contribution in [0.2, 0.25) is 0 Å². The second-order valence-electron chi connectivity index (χ2n) is 8.21. The number of urea groups is 1. The van der Waals surface area contributed by atoms with Crippen LogP contribution in [0.3, 0.4) is 0 Å². The number of anilines is 2. The van der Waals surface area contributed by atoms with Gasteiger partial charge in [0.15, 0.2) is 0 Å². The maximum Gasteiger partial charge on any atom is 0.325 e. The number of imide groups is 1. The maximum absolute atomic E-state index is 13.4. The lowest BCUT2D eigenvalue weighted by Crippen LogP contribution is -2.60. The molecule has 8 nitrogen and oxygen atoms in total. The monoisotopic (exact) mass is 420 g/mol. The molecule has 2 aliphatic rings. The number of nitrogens with one attached hydrogen (secondary N) is 2. The van der Waals surface area contributed by atoms with E-state index in [0.29, 0.717) is 23.4 Å². The maximum atomic E-state index is 13.4. The average Bonchev–Trinajstić information content (AvgIpc) is 3.00. The average molecular weight is 420 g/mol. The van der Waals surface area contributed by atoms with Gasteiger partial charge in [-0.3, -0.25) is 24.2 Å². The van der Waals surface area contributed by atoms with Crippen molar-refractivity contribution in [1.82, 2.24) is 10.2 Å². The molecule has 0 saturated carbocycles. The number of benzene rings is 2. The summed E-state index contributed by atoms with van der Waals surface area (Å²) >= 11 is 0. The smallest absolute Gasteiger partial charge is 0.322 e. The molecule has 5 amide bonds. The van der Waals surface area contributed by atoms with Crippen molar-refractivity contribution in [1.29, 1.82) is 0 Å². The molecule has 8 heteroatoms. The largest absolute Gasteiger partial charge is 0.325 e. The third-order valence-electron chi connectivity index (χ3n) is 6.02. The topological polar surface area (TPSA) is 98.8 Å². The molecule has 0 aromatic heterocycles. The van der Waals surface area contributed by atoms with E-state index < -0.39 is 35.5 Å². The zero-order valence-corrected chi connectivity index (χ0v) is 17.6. The molecule has 4 rings (SSSR count). The van der Waals surface area contributed by atoms with E-state index in [4.69, 9.17) is 0 Å². The van der Waals surface area contributed by atoms with Crippen LogP contribution in [0.15, 0.2) is 54.6 Å². The Balaban J connectivity index is 1.67. The minimum absolute atomic E-state index is 0.340. The highest BCUT2D eigenvalue weighted by Crippen LogP contribution is 2.37. The number of nitrogens with zero attached hydrogens (tertiary/aromatic N) is 2. The van der Waals surface area contributed by atoms with Crippen molar-refractivity contribution in [3.63, 3.8) is 0 Å². The first-order chi connectivity index (χ1) is 14.7. The molecule has 2 aliphatic heterocycles.